The molecular formula is C11H15FN4O2. The highest BCUT2D eigenvalue weighted by atomic mass is 19.1. The number of nitrogens with one attached hydrogen (secondary N) is 1. The first-order valence-electron chi connectivity index (χ1n) is 5.23. The molecule has 0 radical (unpaired) electrons. The number of para-hydroxylation sites is 1. The van der Waals surface area contributed by atoms with E-state index in [4.69, 9.17) is 10.9 Å². The Bertz CT molecular complexity index is 464. The Kier molecular flexibility index (Phi) is 4.47. The molecule has 2 amide bonds. The number of amidine groups is 1. The molecule has 4 N–H and O–H groups in total. The lowest BCUT2D eigenvalue weighted by Gasteiger charge is -2.24. The van der Waals surface area contributed by atoms with Crippen molar-refractivity contribution in [3.8, 4) is 0 Å². The number of oxime groups is 1. The number of benzene rings is 1. The standard InChI is InChI=1S/C11H15FN4O2/c1-7(10(13)15-18)16(2)11(17)14-9-6-4-3-5-8(9)12/h3-7,18H,1-2H3,(H2,13,15)(H,14,17). The Hall–Kier alpha value is -2.31. The van der Waals surface area contributed by atoms with Gasteiger partial charge in [-0.15, -0.1) is 0 Å². The van der Waals surface area contributed by atoms with Gasteiger partial charge in [-0.2, -0.15) is 0 Å². The molecule has 1 aromatic rings. The highest BCUT2D eigenvalue weighted by Crippen LogP contribution is 2.13. The van der Waals surface area contributed by atoms with Crippen LogP contribution < -0.4 is 11.1 Å². The van der Waals surface area contributed by atoms with E-state index in [1.807, 2.05) is 0 Å². The fourth-order valence-electron chi connectivity index (χ4n) is 1.22. The first-order valence-corrected chi connectivity index (χ1v) is 5.23. The molecule has 0 aliphatic carbocycles. The first kappa shape index (κ1) is 13.8. The zero-order valence-corrected chi connectivity index (χ0v) is 10.1. The van der Waals surface area contributed by atoms with Crippen LogP contribution in [0.15, 0.2) is 29.4 Å². The summed E-state index contributed by atoms with van der Waals surface area (Å²) in [4.78, 5) is 13.0. The van der Waals surface area contributed by atoms with Gasteiger partial charge in [0.05, 0.1) is 11.7 Å². The zero-order chi connectivity index (χ0) is 13.7. The summed E-state index contributed by atoms with van der Waals surface area (Å²) in [7, 11) is 1.46. The number of likely N-dealkylation sites (N-methyl/N-ethyl adjacent to an activating group) is 1. The number of carbonyl (C=O) groups excluding carboxylic acids is 1. The maximum absolute atomic E-state index is 13.3. The predicted octanol–water partition coefficient (Wildman–Crippen LogP) is 1.42. The van der Waals surface area contributed by atoms with Gasteiger partial charge in [-0.3, -0.25) is 0 Å². The van der Waals surface area contributed by atoms with E-state index in [9.17, 15) is 9.18 Å². The summed E-state index contributed by atoms with van der Waals surface area (Å²) in [5.41, 5.74) is 5.45. The van der Waals surface area contributed by atoms with Crippen LogP contribution in [-0.4, -0.2) is 35.1 Å². The van der Waals surface area contributed by atoms with Gasteiger partial charge >= 0.3 is 6.03 Å². The van der Waals surface area contributed by atoms with E-state index in [0.717, 1.165) is 0 Å². The van der Waals surface area contributed by atoms with Crippen LogP contribution >= 0.6 is 0 Å². The zero-order valence-electron chi connectivity index (χ0n) is 10.1. The molecule has 0 aliphatic heterocycles. The van der Waals surface area contributed by atoms with E-state index >= 15 is 0 Å². The van der Waals surface area contributed by atoms with Crippen molar-refractivity contribution in [1.82, 2.24) is 4.90 Å². The molecule has 0 aromatic heterocycles. The number of carbonyl (C=O) groups is 1. The van der Waals surface area contributed by atoms with E-state index in [1.165, 1.54) is 30.1 Å². The minimum Gasteiger partial charge on any atom is -0.409 e. The lowest BCUT2D eigenvalue weighted by atomic mass is 10.3. The molecule has 0 bridgehead atoms. The van der Waals surface area contributed by atoms with Crippen LogP contribution in [0.2, 0.25) is 0 Å². The summed E-state index contributed by atoms with van der Waals surface area (Å²) in [6, 6.07) is 4.64. The average Bonchev–Trinajstić information content (AvgIpc) is 2.38. The molecule has 0 saturated carbocycles. The molecule has 18 heavy (non-hydrogen) atoms. The van der Waals surface area contributed by atoms with Gasteiger partial charge in [-0.05, 0) is 19.1 Å². The van der Waals surface area contributed by atoms with Gasteiger partial charge in [0.2, 0.25) is 0 Å². The third kappa shape index (κ3) is 3.09. The van der Waals surface area contributed by atoms with Crippen molar-refractivity contribution in [2.75, 3.05) is 12.4 Å². The number of hydrogen-bond donors (Lipinski definition) is 3. The van der Waals surface area contributed by atoms with Crippen LogP contribution in [0, 0.1) is 5.82 Å². The highest BCUT2D eigenvalue weighted by molar-refractivity contribution is 5.94. The summed E-state index contributed by atoms with van der Waals surface area (Å²) in [6.07, 6.45) is 0. The van der Waals surface area contributed by atoms with E-state index in [-0.39, 0.29) is 11.5 Å². The monoisotopic (exact) mass is 254 g/mol. The molecule has 1 aromatic carbocycles. The SMILES string of the molecule is CC(/C(N)=N/O)N(C)C(=O)Nc1ccccc1F. The van der Waals surface area contributed by atoms with Gasteiger partial charge in [0.15, 0.2) is 5.84 Å². The second-order valence-corrected chi connectivity index (χ2v) is 3.72. The molecule has 1 unspecified atom stereocenters. The van der Waals surface area contributed by atoms with Crippen LogP contribution in [0.25, 0.3) is 0 Å². The van der Waals surface area contributed by atoms with Crippen molar-refractivity contribution in [2.45, 2.75) is 13.0 Å². The average molecular weight is 254 g/mol. The highest BCUT2D eigenvalue weighted by Gasteiger charge is 2.19. The molecule has 0 aliphatic rings. The van der Waals surface area contributed by atoms with Crippen molar-refractivity contribution in [3.05, 3.63) is 30.1 Å². The van der Waals surface area contributed by atoms with Crippen LogP contribution in [0.1, 0.15) is 6.92 Å². The number of rotatable bonds is 3. The van der Waals surface area contributed by atoms with Crippen LogP contribution in [0.5, 0.6) is 0 Å². The number of halogens is 1. The quantitative estimate of drug-likeness (QED) is 0.330. The summed E-state index contributed by atoms with van der Waals surface area (Å²) in [6.45, 7) is 1.58. The van der Waals surface area contributed by atoms with Crippen molar-refractivity contribution in [3.63, 3.8) is 0 Å². The molecule has 6 nitrogen and oxygen atoms in total. The van der Waals surface area contributed by atoms with Gasteiger partial charge < -0.3 is 21.2 Å². The van der Waals surface area contributed by atoms with Crippen molar-refractivity contribution < 1.29 is 14.4 Å². The van der Waals surface area contributed by atoms with Gasteiger partial charge in [-0.1, -0.05) is 17.3 Å². The van der Waals surface area contributed by atoms with Gasteiger partial charge in [0.1, 0.15) is 5.82 Å². The lowest BCUT2D eigenvalue weighted by molar-refractivity contribution is 0.217. The number of anilines is 1. The smallest absolute Gasteiger partial charge is 0.322 e. The Morgan fingerprint density at radius 3 is 2.72 bits per heavy atom. The molecule has 0 fully saturated rings. The summed E-state index contributed by atoms with van der Waals surface area (Å²) in [5.74, 6) is -0.642. The largest absolute Gasteiger partial charge is 0.409 e. The number of hydrogen-bond acceptors (Lipinski definition) is 3. The number of amides is 2. The van der Waals surface area contributed by atoms with Crippen LogP contribution in [0.4, 0.5) is 14.9 Å². The molecule has 1 rings (SSSR count). The molecule has 7 heteroatoms. The topological polar surface area (TPSA) is 91.0 Å². The van der Waals surface area contributed by atoms with Crippen molar-refractivity contribution >= 4 is 17.6 Å². The van der Waals surface area contributed by atoms with E-state index < -0.39 is 17.9 Å². The molecular weight excluding hydrogens is 239 g/mol. The predicted molar refractivity (Wildman–Crippen MR) is 66.1 cm³/mol. The third-order valence-corrected chi connectivity index (χ3v) is 2.56. The maximum atomic E-state index is 13.3. The molecule has 0 heterocycles. The summed E-state index contributed by atoms with van der Waals surface area (Å²) >= 11 is 0. The minimum absolute atomic E-state index is 0.0704. The lowest BCUT2D eigenvalue weighted by Crippen LogP contribution is -2.45. The summed E-state index contributed by atoms with van der Waals surface area (Å²) in [5, 5.41) is 13.7. The first-order chi connectivity index (χ1) is 8.47. The molecule has 0 saturated heterocycles. The maximum Gasteiger partial charge on any atom is 0.322 e. The minimum atomic E-state index is -0.609. The second kappa shape index (κ2) is 5.85. The van der Waals surface area contributed by atoms with Crippen LogP contribution in [0.3, 0.4) is 0 Å². The Balaban J connectivity index is 2.75. The molecule has 1 atom stereocenters. The normalized spacial score (nSPS) is 12.9. The van der Waals surface area contributed by atoms with E-state index in [1.54, 1.807) is 13.0 Å². The number of urea groups is 1. The van der Waals surface area contributed by atoms with Gasteiger partial charge in [0.25, 0.3) is 0 Å². The number of nitrogens with zero attached hydrogens (tertiary/aromatic N) is 2. The molecule has 0 spiro atoms. The second-order valence-electron chi connectivity index (χ2n) is 3.72. The molecule has 98 valence electrons. The fraction of sp³-hybridized carbons (Fsp3) is 0.273. The van der Waals surface area contributed by atoms with Crippen molar-refractivity contribution in [2.24, 2.45) is 10.9 Å². The Morgan fingerprint density at radius 1 is 1.56 bits per heavy atom. The van der Waals surface area contributed by atoms with Gasteiger partial charge in [0, 0.05) is 7.05 Å². The van der Waals surface area contributed by atoms with Crippen LogP contribution in [-0.2, 0) is 0 Å². The fourth-order valence-corrected chi connectivity index (χ4v) is 1.22. The van der Waals surface area contributed by atoms with E-state index in [0.29, 0.717) is 0 Å². The van der Waals surface area contributed by atoms with Crippen molar-refractivity contribution in [1.29, 1.82) is 0 Å². The Labute approximate surface area is 104 Å². The van der Waals surface area contributed by atoms with Gasteiger partial charge in [-0.25, -0.2) is 9.18 Å². The third-order valence-electron chi connectivity index (χ3n) is 2.56. The number of nitrogens with two attached hydrogens (primary N) is 1. The Morgan fingerprint density at radius 2 is 2.17 bits per heavy atom. The summed E-state index contributed by atoms with van der Waals surface area (Å²) < 4.78 is 13.3. The van der Waals surface area contributed by atoms with E-state index in [2.05, 4.69) is 10.5 Å².